The molecule has 0 aromatic carbocycles. The third kappa shape index (κ3) is 5.70. The maximum atomic E-state index is 11.0. The van der Waals surface area contributed by atoms with E-state index in [4.69, 9.17) is 10.8 Å². The van der Waals surface area contributed by atoms with Gasteiger partial charge in [-0.25, -0.2) is 0 Å². The van der Waals surface area contributed by atoms with E-state index in [2.05, 4.69) is 44.5 Å². The number of esters is 1. The molecule has 0 bridgehead atoms. The van der Waals surface area contributed by atoms with Gasteiger partial charge in [-0.2, -0.15) is 0 Å². The predicted molar refractivity (Wildman–Crippen MR) is 76.8 cm³/mol. The molecular weight excluding hydrogens is 244 g/mol. The first kappa shape index (κ1) is 17.2. The second kappa shape index (κ2) is 6.96. The smallest absolute Gasteiger partial charge is 0.305 e. The summed E-state index contributed by atoms with van der Waals surface area (Å²) in [5, 5.41) is 0.143. The molecule has 0 unspecified atom stereocenters. The SMILES string of the molecule is C#C[C@@H](CCCC(=O)OC)O[Si](C)(C)C(C)(C)C. The van der Waals surface area contributed by atoms with Crippen molar-refractivity contribution < 1.29 is 14.0 Å². The molecule has 0 aromatic heterocycles. The Kier molecular flexibility index (Phi) is 6.65. The Morgan fingerprint density at radius 1 is 1.39 bits per heavy atom. The molecule has 1 atom stereocenters. The number of ether oxygens (including phenoxy) is 1. The van der Waals surface area contributed by atoms with Gasteiger partial charge in [0.15, 0.2) is 8.32 Å². The van der Waals surface area contributed by atoms with Crippen molar-refractivity contribution in [2.45, 2.75) is 64.3 Å². The van der Waals surface area contributed by atoms with Gasteiger partial charge in [0, 0.05) is 6.42 Å². The number of carbonyl (C=O) groups is 1. The van der Waals surface area contributed by atoms with E-state index in [0.29, 0.717) is 19.3 Å². The lowest BCUT2D eigenvalue weighted by Gasteiger charge is -2.38. The van der Waals surface area contributed by atoms with Gasteiger partial charge in [0.05, 0.1) is 7.11 Å². The van der Waals surface area contributed by atoms with Gasteiger partial charge in [0.25, 0.3) is 0 Å². The summed E-state index contributed by atoms with van der Waals surface area (Å²) in [4.78, 5) is 11.0. The second-order valence-electron chi connectivity index (χ2n) is 6.00. The minimum Gasteiger partial charge on any atom is -0.469 e. The molecule has 0 amide bonds. The van der Waals surface area contributed by atoms with Crippen molar-refractivity contribution in [3.05, 3.63) is 0 Å². The second-order valence-corrected chi connectivity index (χ2v) is 10.8. The summed E-state index contributed by atoms with van der Waals surface area (Å²) in [6.45, 7) is 10.9. The normalized spacial score (nSPS) is 13.8. The number of methoxy groups -OCH3 is 1. The standard InChI is InChI=1S/C14H26O3Si/c1-8-12(10-9-11-13(15)16-5)17-18(6,7)14(2,3)4/h1,12H,9-11H2,2-7H3/t12-/m0/s1. The average Bonchev–Trinajstić information content (AvgIpc) is 2.25. The first-order chi connectivity index (χ1) is 8.14. The molecule has 0 saturated heterocycles. The van der Waals surface area contributed by atoms with Crippen LogP contribution in [0.4, 0.5) is 0 Å². The van der Waals surface area contributed by atoms with Crippen LogP contribution in [-0.2, 0) is 14.0 Å². The van der Waals surface area contributed by atoms with E-state index in [1.807, 2.05) is 0 Å². The van der Waals surface area contributed by atoms with Crippen LogP contribution in [0.3, 0.4) is 0 Å². The van der Waals surface area contributed by atoms with Crippen molar-refractivity contribution in [3.8, 4) is 12.3 Å². The predicted octanol–water partition coefficient (Wildman–Crippen LogP) is 3.35. The first-order valence-electron chi connectivity index (χ1n) is 6.35. The fourth-order valence-electron chi connectivity index (χ4n) is 1.24. The van der Waals surface area contributed by atoms with Crippen molar-refractivity contribution in [1.29, 1.82) is 0 Å². The highest BCUT2D eigenvalue weighted by Gasteiger charge is 2.38. The van der Waals surface area contributed by atoms with E-state index in [9.17, 15) is 4.79 Å². The lowest BCUT2D eigenvalue weighted by molar-refractivity contribution is -0.140. The fraction of sp³-hybridized carbons (Fsp3) is 0.786. The van der Waals surface area contributed by atoms with Crippen LogP contribution in [0, 0.1) is 12.3 Å². The Bertz CT molecular complexity index is 310. The van der Waals surface area contributed by atoms with Gasteiger partial charge >= 0.3 is 5.97 Å². The first-order valence-corrected chi connectivity index (χ1v) is 9.25. The Balaban J connectivity index is 4.29. The van der Waals surface area contributed by atoms with Crippen LogP contribution in [0.5, 0.6) is 0 Å². The Hall–Kier alpha value is -0.793. The van der Waals surface area contributed by atoms with Gasteiger partial charge in [-0.15, -0.1) is 6.42 Å². The summed E-state index contributed by atoms with van der Waals surface area (Å²) in [6.07, 6.45) is 7.11. The topological polar surface area (TPSA) is 35.5 Å². The summed E-state index contributed by atoms with van der Waals surface area (Å²) in [6, 6.07) is 0. The lowest BCUT2D eigenvalue weighted by Crippen LogP contribution is -2.43. The molecular formula is C14H26O3Si. The minimum absolute atomic E-state index is 0.143. The van der Waals surface area contributed by atoms with E-state index < -0.39 is 8.32 Å². The van der Waals surface area contributed by atoms with E-state index in [0.717, 1.165) is 0 Å². The maximum Gasteiger partial charge on any atom is 0.305 e. The van der Waals surface area contributed by atoms with Crippen molar-refractivity contribution in [2.24, 2.45) is 0 Å². The molecule has 0 N–H and O–H groups in total. The zero-order valence-corrected chi connectivity index (χ0v) is 13.5. The molecule has 3 nitrogen and oxygen atoms in total. The Morgan fingerprint density at radius 2 is 1.94 bits per heavy atom. The Labute approximate surface area is 112 Å². The maximum absolute atomic E-state index is 11.0. The highest BCUT2D eigenvalue weighted by molar-refractivity contribution is 6.74. The zero-order chi connectivity index (χ0) is 14.4. The van der Waals surface area contributed by atoms with Gasteiger partial charge in [-0.05, 0) is 31.0 Å². The van der Waals surface area contributed by atoms with Crippen molar-refractivity contribution >= 4 is 14.3 Å². The largest absolute Gasteiger partial charge is 0.469 e. The number of carbonyl (C=O) groups excluding carboxylic acids is 1. The van der Waals surface area contributed by atoms with E-state index in [1.54, 1.807) is 0 Å². The van der Waals surface area contributed by atoms with Crippen LogP contribution >= 0.6 is 0 Å². The number of hydrogen-bond acceptors (Lipinski definition) is 3. The summed E-state index contributed by atoms with van der Waals surface area (Å²) in [7, 11) is -0.437. The zero-order valence-electron chi connectivity index (χ0n) is 12.5. The third-order valence-electron chi connectivity index (χ3n) is 3.50. The third-order valence-corrected chi connectivity index (χ3v) is 7.99. The van der Waals surface area contributed by atoms with Crippen LogP contribution in [0.2, 0.25) is 18.1 Å². The number of hydrogen-bond donors (Lipinski definition) is 0. The molecule has 4 heteroatoms. The average molecular weight is 270 g/mol. The molecule has 0 aliphatic carbocycles. The summed E-state index contributed by atoms with van der Waals surface area (Å²) in [5.41, 5.74) is 0. The summed E-state index contributed by atoms with van der Waals surface area (Å²) < 4.78 is 10.7. The highest BCUT2D eigenvalue weighted by Crippen LogP contribution is 2.37. The van der Waals surface area contributed by atoms with Gasteiger partial charge in [0.1, 0.15) is 6.10 Å². The van der Waals surface area contributed by atoms with Crippen LogP contribution in [0.1, 0.15) is 40.0 Å². The quantitative estimate of drug-likeness (QED) is 0.422. The van der Waals surface area contributed by atoms with Gasteiger partial charge in [0.2, 0.25) is 0 Å². The van der Waals surface area contributed by atoms with E-state index in [1.165, 1.54) is 7.11 Å². The minimum atomic E-state index is -1.83. The van der Waals surface area contributed by atoms with E-state index in [-0.39, 0.29) is 17.1 Å². The lowest BCUT2D eigenvalue weighted by atomic mass is 10.1. The molecule has 0 rings (SSSR count). The molecule has 0 aliphatic rings. The van der Waals surface area contributed by atoms with Crippen LogP contribution in [0.25, 0.3) is 0 Å². The van der Waals surface area contributed by atoms with Gasteiger partial charge in [-0.3, -0.25) is 4.79 Å². The van der Waals surface area contributed by atoms with Crippen molar-refractivity contribution in [1.82, 2.24) is 0 Å². The van der Waals surface area contributed by atoms with Crippen molar-refractivity contribution in [2.75, 3.05) is 7.11 Å². The molecule has 18 heavy (non-hydrogen) atoms. The Morgan fingerprint density at radius 3 is 2.33 bits per heavy atom. The molecule has 0 fully saturated rings. The van der Waals surface area contributed by atoms with Crippen LogP contribution in [0.15, 0.2) is 0 Å². The molecule has 0 aliphatic heterocycles. The molecule has 0 saturated carbocycles. The van der Waals surface area contributed by atoms with Gasteiger partial charge < -0.3 is 9.16 Å². The number of terminal acetylenes is 1. The number of rotatable bonds is 6. The van der Waals surface area contributed by atoms with Gasteiger partial charge in [-0.1, -0.05) is 26.7 Å². The monoisotopic (exact) mass is 270 g/mol. The highest BCUT2D eigenvalue weighted by atomic mass is 28.4. The fourth-order valence-corrected chi connectivity index (χ4v) is 2.49. The molecule has 104 valence electrons. The molecule has 0 heterocycles. The van der Waals surface area contributed by atoms with Crippen LogP contribution < -0.4 is 0 Å². The molecule has 0 aromatic rings. The molecule has 0 radical (unpaired) electrons. The summed E-state index contributed by atoms with van der Waals surface area (Å²) >= 11 is 0. The summed E-state index contributed by atoms with van der Waals surface area (Å²) in [5.74, 6) is 2.49. The van der Waals surface area contributed by atoms with Crippen molar-refractivity contribution in [3.63, 3.8) is 0 Å². The van der Waals surface area contributed by atoms with E-state index >= 15 is 0 Å². The molecule has 0 spiro atoms. The van der Waals surface area contributed by atoms with Crippen LogP contribution in [-0.4, -0.2) is 27.5 Å².